The van der Waals surface area contributed by atoms with Crippen molar-refractivity contribution in [3.8, 4) is 0 Å². The lowest BCUT2D eigenvalue weighted by Gasteiger charge is -2.16. The number of hydrogen-bond acceptors (Lipinski definition) is 4. The van der Waals surface area contributed by atoms with E-state index in [0.29, 0.717) is 17.9 Å². The van der Waals surface area contributed by atoms with Gasteiger partial charge in [-0.2, -0.15) is 0 Å². The Labute approximate surface area is 106 Å². The van der Waals surface area contributed by atoms with Crippen LogP contribution in [0.15, 0.2) is 12.1 Å². The minimum absolute atomic E-state index is 0.0406. The van der Waals surface area contributed by atoms with Crippen LogP contribution in [0.2, 0.25) is 0 Å². The van der Waals surface area contributed by atoms with Crippen molar-refractivity contribution in [2.24, 2.45) is 0 Å². The van der Waals surface area contributed by atoms with E-state index in [1.807, 2.05) is 12.1 Å². The first kappa shape index (κ1) is 14.2. The van der Waals surface area contributed by atoms with Gasteiger partial charge in [0, 0.05) is 18.6 Å². The molecule has 1 atom stereocenters. The lowest BCUT2D eigenvalue weighted by molar-refractivity contribution is 0.0882. The third kappa shape index (κ3) is 4.46. The van der Waals surface area contributed by atoms with E-state index in [0.717, 1.165) is 6.42 Å². The number of carbonyl (C=O) groups is 1. The number of aryl methyl sites for hydroxylation is 1. The van der Waals surface area contributed by atoms with Gasteiger partial charge in [0.25, 0.3) is 5.91 Å². The van der Waals surface area contributed by atoms with Crippen LogP contribution in [0.3, 0.4) is 0 Å². The van der Waals surface area contributed by atoms with Crippen LogP contribution in [0, 0.1) is 0 Å². The molecule has 0 aliphatic rings. The molecule has 2 N–H and O–H groups in total. The summed E-state index contributed by atoms with van der Waals surface area (Å²) in [5, 5.41) is 11.7. The fourth-order valence-electron chi connectivity index (χ4n) is 1.50. The monoisotopic (exact) mass is 257 g/mol. The molecule has 1 aromatic rings. The Morgan fingerprint density at radius 3 is 2.88 bits per heavy atom. The van der Waals surface area contributed by atoms with Crippen LogP contribution in [0.25, 0.3) is 0 Å². The number of rotatable bonds is 7. The Morgan fingerprint density at radius 1 is 1.59 bits per heavy atom. The van der Waals surface area contributed by atoms with E-state index in [1.54, 1.807) is 7.11 Å². The summed E-state index contributed by atoms with van der Waals surface area (Å²) < 4.78 is 5.00. The van der Waals surface area contributed by atoms with Gasteiger partial charge in [-0.3, -0.25) is 4.79 Å². The molecule has 1 rings (SSSR count). The Morgan fingerprint density at radius 2 is 2.35 bits per heavy atom. The van der Waals surface area contributed by atoms with E-state index in [2.05, 4.69) is 12.2 Å². The fraction of sp³-hybridized carbons (Fsp3) is 0.583. The van der Waals surface area contributed by atoms with Gasteiger partial charge in [-0.05, 0) is 25.0 Å². The Hall–Kier alpha value is -0.910. The number of methoxy groups -OCH3 is 1. The highest BCUT2D eigenvalue weighted by atomic mass is 32.1. The molecule has 0 radical (unpaired) electrons. The van der Waals surface area contributed by atoms with Crippen LogP contribution in [-0.2, 0) is 11.2 Å². The number of nitrogens with one attached hydrogen (secondary N) is 1. The van der Waals surface area contributed by atoms with E-state index >= 15 is 0 Å². The number of carbonyl (C=O) groups excluding carboxylic acids is 1. The van der Waals surface area contributed by atoms with Gasteiger partial charge >= 0.3 is 0 Å². The second kappa shape index (κ2) is 7.42. The number of ether oxygens (including phenoxy) is 1. The summed E-state index contributed by atoms with van der Waals surface area (Å²) in [7, 11) is 1.58. The first-order valence-corrected chi connectivity index (χ1v) is 6.52. The fourth-order valence-corrected chi connectivity index (χ4v) is 2.35. The third-order valence-electron chi connectivity index (χ3n) is 2.41. The molecular weight excluding hydrogens is 238 g/mol. The second-order valence-corrected chi connectivity index (χ2v) is 4.93. The zero-order valence-corrected chi connectivity index (χ0v) is 11.0. The lowest BCUT2D eigenvalue weighted by Crippen LogP contribution is -2.38. The highest BCUT2D eigenvalue weighted by molar-refractivity contribution is 7.14. The van der Waals surface area contributed by atoms with Gasteiger partial charge in [0.15, 0.2) is 0 Å². The van der Waals surface area contributed by atoms with Gasteiger partial charge in [-0.15, -0.1) is 11.3 Å². The van der Waals surface area contributed by atoms with Crippen molar-refractivity contribution in [2.45, 2.75) is 25.8 Å². The van der Waals surface area contributed by atoms with E-state index in [9.17, 15) is 4.79 Å². The summed E-state index contributed by atoms with van der Waals surface area (Å²) in [6.45, 7) is 2.52. The topological polar surface area (TPSA) is 58.6 Å². The molecule has 0 aliphatic heterocycles. The van der Waals surface area contributed by atoms with Crippen LogP contribution >= 0.6 is 11.3 Å². The predicted octanol–water partition coefficient (Wildman–Crippen LogP) is 1.44. The minimum atomic E-state index is -0.135. The SMILES string of the molecule is CCc1ccc(C(=O)NC(CCO)COC)s1. The molecule has 96 valence electrons. The van der Waals surface area contributed by atoms with E-state index in [1.165, 1.54) is 16.2 Å². The normalized spacial score (nSPS) is 12.4. The van der Waals surface area contributed by atoms with Gasteiger partial charge in [-0.25, -0.2) is 0 Å². The first-order chi connectivity index (χ1) is 8.21. The largest absolute Gasteiger partial charge is 0.396 e. The van der Waals surface area contributed by atoms with Crippen molar-refractivity contribution in [3.63, 3.8) is 0 Å². The first-order valence-electron chi connectivity index (χ1n) is 5.70. The lowest BCUT2D eigenvalue weighted by atomic mass is 10.2. The molecule has 1 amide bonds. The molecular formula is C12H19NO3S. The van der Waals surface area contributed by atoms with Crippen molar-refractivity contribution in [3.05, 3.63) is 21.9 Å². The Bertz CT molecular complexity index is 345. The zero-order valence-electron chi connectivity index (χ0n) is 10.2. The van der Waals surface area contributed by atoms with Crippen molar-refractivity contribution in [1.82, 2.24) is 5.32 Å². The van der Waals surface area contributed by atoms with Crippen LogP contribution in [0.4, 0.5) is 0 Å². The van der Waals surface area contributed by atoms with Crippen LogP contribution < -0.4 is 5.32 Å². The summed E-state index contributed by atoms with van der Waals surface area (Å²) in [6.07, 6.45) is 1.45. The minimum Gasteiger partial charge on any atom is -0.396 e. The van der Waals surface area contributed by atoms with Crippen molar-refractivity contribution in [2.75, 3.05) is 20.3 Å². The number of thiophene rings is 1. The van der Waals surface area contributed by atoms with Gasteiger partial charge < -0.3 is 15.2 Å². The molecule has 1 aromatic heterocycles. The number of aliphatic hydroxyl groups is 1. The molecule has 0 spiro atoms. The molecule has 0 bridgehead atoms. The molecule has 1 unspecified atom stereocenters. The van der Waals surface area contributed by atoms with Crippen molar-refractivity contribution in [1.29, 1.82) is 0 Å². The summed E-state index contributed by atoms with van der Waals surface area (Å²) in [4.78, 5) is 13.8. The molecule has 0 saturated heterocycles. The van der Waals surface area contributed by atoms with Crippen LogP contribution in [-0.4, -0.2) is 37.4 Å². The smallest absolute Gasteiger partial charge is 0.261 e. The summed E-state index contributed by atoms with van der Waals surface area (Å²) in [6, 6.07) is 3.67. The number of aliphatic hydroxyl groups excluding tert-OH is 1. The van der Waals surface area contributed by atoms with Gasteiger partial charge in [-0.1, -0.05) is 6.92 Å². The highest BCUT2D eigenvalue weighted by Gasteiger charge is 2.14. The summed E-state index contributed by atoms with van der Waals surface area (Å²) >= 11 is 1.50. The predicted molar refractivity (Wildman–Crippen MR) is 68.5 cm³/mol. The molecule has 0 saturated carbocycles. The van der Waals surface area contributed by atoms with Gasteiger partial charge in [0.2, 0.25) is 0 Å². The van der Waals surface area contributed by atoms with Crippen molar-refractivity contribution >= 4 is 17.2 Å². The summed E-state index contributed by atoms with van der Waals surface area (Å²) in [5.74, 6) is -0.0924. The van der Waals surface area contributed by atoms with Crippen LogP contribution in [0.5, 0.6) is 0 Å². The zero-order chi connectivity index (χ0) is 12.7. The van der Waals surface area contributed by atoms with Crippen molar-refractivity contribution < 1.29 is 14.6 Å². The average Bonchev–Trinajstić information content (AvgIpc) is 2.78. The Kier molecular flexibility index (Phi) is 6.18. The van der Waals surface area contributed by atoms with E-state index in [4.69, 9.17) is 9.84 Å². The van der Waals surface area contributed by atoms with E-state index < -0.39 is 0 Å². The maximum atomic E-state index is 11.9. The number of amides is 1. The highest BCUT2D eigenvalue weighted by Crippen LogP contribution is 2.16. The molecule has 17 heavy (non-hydrogen) atoms. The molecule has 1 heterocycles. The Balaban J connectivity index is 2.56. The second-order valence-electron chi connectivity index (χ2n) is 3.76. The molecule has 0 fully saturated rings. The third-order valence-corrected chi connectivity index (χ3v) is 3.64. The number of hydrogen-bond donors (Lipinski definition) is 2. The van der Waals surface area contributed by atoms with Gasteiger partial charge in [0.1, 0.15) is 0 Å². The summed E-state index contributed by atoms with van der Waals surface area (Å²) in [5.41, 5.74) is 0. The van der Waals surface area contributed by atoms with Gasteiger partial charge in [0.05, 0.1) is 17.5 Å². The maximum Gasteiger partial charge on any atom is 0.261 e. The molecule has 4 nitrogen and oxygen atoms in total. The molecule has 0 aromatic carbocycles. The van der Waals surface area contributed by atoms with E-state index in [-0.39, 0.29) is 18.6 Å². The standard InChI is InChI=1S/C12H19NO3S/c1-3-10-4-5-11(17-10)12(15)13-9(6-7-14)8-16-2/h4-5,9,14H,3,6-8H2,1-2H3,(H,13,15). The maximum absolute atomic E-state index is 11.9. The quantitative estimate of drug-likeness (QED) is 0.777. The molecule has 5 heteroatoms. The van der Waals surface area contributed by atoms with Crippen LogP contribution in [0.1, 0.15) is 27.9 Å². The molecule has 0 aliphatic carbocycles. The average molecular weight is 257 g/mol.